The topological polar surface area (TPSA) is 29.5 Å². The molecule has 0 saturated carbocycles. The lowest BCUT2D eigenvalue weighted by Crippen LogP contribution is -2.27. The Labute approximate surface area is 83.3 Å². The van der Waals surface area contributed by atoms with Gasteiger partial charge >= 0.3 is 0 Å². The molecule has 3 nitrogen and oxygen atoms in total. The highest BCUT2D eigenvalue weighted by Crippen LogP contribution is 2.31. The number of fused-ring (bicyclic) bond motifs is 1. The van der Waals surface area contributed by atoms with Gasteiger partial charge in [-0.2, -0.15) is 0 Å². The standard InChI is InChI=1S/C11H13NO2/c1-8-7-11(13)12(2)9-5-3-4-6-10(9)14-8/h3-6,8H,7H2,1-2H3. The molecule has 0 radical (unpaired) electrons. The maximum Gasteiger partial charge on any atom is 0.230 e. The second kappa shape index (κ2) is 3.33. The van der Waals surface area contributed by atoms with Crippen LogP contribution in [0.4, 0.5) is 5.69 Å². The fourth-order valence-electron chi connectivity index (χ4n) is 1.61. The van der Waals surface area contributed by atoms with Crippen molar-refractivity contribution in [1.29, 1.82) is 0 Å². The number of hydrogen-bond donors (Lipinski definition) is 0. The number of hydrogen-bond acceptors (Lipinski definition) is 2. The summed E-state index contributed by atoms with van der Waals surface area (Å²) in [5.74, 6) is 0.885. The molecule has 0 saturated heterocycles. The highest BCUT2D eigenvalue weighted by Gasteiger charge is 2.23. The highest BCUT2D eigenvalue weighted by molar-refractivity contribution is 5.95. The van der Waals surface area contributed by atoms with Gasteiger partial charge in [-0.15, -0.1) is 0 Å². The molecule has 14 heavy (non-hydrogen) atoms. The molecule has 1 aromatic rings. The van der Waals surface area contributed by atoms with E-state index in [1.165, 1.54) is 0 Å². The molecule has 0 bridgehead atoms. The smallest absolute Gasteiger partial charge is 0.230 e. The summed E-state index contributed by atoms with van der Waals surface area (Å²) < 4.78 is 5.64. The molecule has 0 aromatic heterocycles. The largest absolute Gasteiger partial charge is 0.488 e. The second-order valence-corrected chi connectivity index (χ2v) is 3.55. The first kappa shape index (κ1) is 9.06. The summed E-state index contributed by atoms with van der Waals surface area (Å²) >= 11 is 0. The molecule has 2 rings (SSSR count). The molecule has 3 heteroatoms. The van der Waals surface area contributed by atoms with Gasteiger partial charge in [0.15, 0.2) is 0 Å². The van der Waals surface area contributed by atoms with Crippen LogP contribution < -0.4 is 9.64 Å². The molecule has 1 aliphatic heterocycles. The average Bonchev–Trinajstić information content (AvgIpc) is 2.26. The van der Waals surface area contributed by atoms with Gasteiger partial charge in [0.05, 0.1) is 12.1 Å². The number of rotatable bonds is 0. The first-order valence-electron chi connectivity index (χ1n) is 4.70. The normalized spacial score (nSPS) is 21.1. The molecule has 0 aliphatic carbocycles. The van der Waals surface area contributed by atoms with Crippen LogP contribution in [0, 0.1) is 0 Å². The Morgan fingerprint density at radius 3 is 2.93 bits per heavy atom. The summed E-state index contributed by atoms with van der Waals surface area (Å²) in [6.07, 6.45) is 0.388. The van der Waals surface area contributed by atoms with E-state index in [4.69, 9.17) is 4.74 Å². The molecular weight excluding hydrogens is 178 g/mol. The van der Waals surface area contributed by atoms with Crippen LogP contribution in [0.15, 0.2) is 24.3 Å². The molecule has 1 aromatic carbocycles. The van der Waals surface area contributed by atoms with Crippen LogP contribution in [0.1, 0.15) is 13.3 Å². The van der Waals surface area contributed by atoms with Crippen LogP contribution in [0.3, 0.4) is 0 Å². The van der Waals surface area contributed by atoms with Gasteiger partial charge in [0.2, 0.25) is 5.91 Å². The quantitative estimate of drug-likeness (QED) is 0.626. The Morgan fingerprint density at radius 2 is 2.14 bits per heavy atom. The summed E-state index contributed by atoms with van der Waals surface area (Å²) in [6, 6.07) is 7.60. The van der Waals surface area contributed by atoms with Gasteiger partial charge in [-0.3, -0.25) is 4.79 Å². The maximum atomic E-state index is 11.6. The minimum atomic E-state index is -0.0476. The molecule has 1 atom stereocenters. The zero-order valence-corrected chi connectivity index (χ0v) is 8.36. The van der Waals surface area contributed by atoms with Gasteiger partial charge in [-0.05, 0) is 19.1 Å². The molecule has 74 valence electrons. The van der Waals surface area contributed by atoms with E-state index >= 15 is 0 Å². The maximum absolute atomic E-state index is 11.6. The van der Waals surface area contributed by atoms with E-state index in [0.717, 1.165) is 11.4 Å². The van der Waals surface area contributed by atoms with Crippen molar-refractivity contribution in [3.8, 4) is 5.75 Å². The minimum absolute atomic E-state index is 0.0476. The number of benzene rings is 1. The number of para-hydroxylation sites is 2. The lowest BCUT2D eigenvalue weighted by molar-refractivity contribution is -0.119. The molecule has 0 fully saturated rings. The van der Waals surface area contributed by atoms with E-state index in [9.17, 15) is 4.79 Å². The minimum Gasteiger partial charge on any atom is -0.488 e. The predicted octanol–water partition coefficient (Wildman–Crippen LogP) is 1.82. The fraction of sp³-hybridized carbons (Fsp3) is 0.364. The van der Waals surface area contributed by atoms with Crippen molar-refractivity contribution >= 4 is 11.6 Å². The van der Waals surface area contributed by atoms with Crippen LogP contribution in [-0.4, -0.2) is 19.1 Å². The number of carbonyl (C=O) groups is 1. The zero-order valence-electron chi connectivity index (χ0n) is 8.36. The summed E-state index contributed by atoms with van der Waals surface area (Å²) in [6.45, 7) is 1.91. The summed E-state index contributed by atoms with van der Waals surface area (Å²) in [5, 5.41) is 0. The summed E-state index contributed by atoms with van der Waals surface area (Å²) in [5.41, 5.74) is 0.849. The Hall–Kier alpha value is -1.51. The Bertz CT molecular complexity index is 362. The molecule has 1 unspecified atom stereocenters. The van der Waals surface area contributed by atoms with Gasteiger partial charge < -0.3 is 9.64 Å². The molecule has 0 spiro atoms. The predicted molar refractivity (Wildman–Crippen MR) is 54.6 cm³/mol. The second-order valence-electron chi connectivity index (χ2n) is 3.55. The molecule has 0 N–H and O–H groups in total. The number of amides is 1. The van der Waals surface area contributed by atoms with Gasteiger partial charge in [-0.1, -0.05) is 12.1 Å². The first-order chi connectivity index (χ1) is 6.68. The number of carbonyl (C=O) groups excluding carboxylic acids is 1. The summed E-state index contributed by atoms with van der Waals surface area (Å²) in [4.78, 5) is 13.3. The SMILES string of the molecule is CC1CC(=O)N(C)c2ccccc2O1. The van der Waals surface area contributed by atoms with Crippen molar-refractivity contribution in [2.75, 3.05) is 11.9 Å². The van der Waals surface area contributed by atoms with Crippen LogP contribution in [0.2, 0.25) is 0 Å². The number of anilines is 1. The van der Waals surface area contributed by atoms with Crippen molar-refractivity contribution in [1.82, 2.24) is 0 Å². The van der Waals surface area contributed by atoms with E-state index in [1.54, 1.807) is 11.9 Å². The number of nitrogens with zero attached hydrogens (tertiary/aromatic N) is 1. The van der Waals surface area contributed by atoms with Crippen LogP contribution in [0.5, 0.6) is 5.75 Å². The summed E-state index contributed by atoms with van der Waals surface area (Å²) in [7, 11) is 1.78. The van der Waals surface area contributed by atoms with Crippen LogP contribution in [-0.2, 0) is 4.79 Å². The van der Waals surface area contributed by atoms with Gasteiger partial charge in [0, 0.05) is 7.05 Å². The van der Waals surface area contributed by atoms with Crippen molar-refractivity contribution in [2.45, 2.75) is 19.4 Å². The van der Waals surface area contributed by atoms with E-state index in [-0.39, 0.29) is 12.0 Å². The zero-order chi connectivity index (χ0) is 10.1. The van der Waals surface area contributed by atoms with Crippen molar-refractivity contribution in [3.05, 3.63) is 24.3 Å². The van der Waals surface area contributed by atoms with E-state index < -0.39 is 0 Å². The molecule has 1 heterocycles. The van der Waals surface area contributed by atoms with Crippen LogP contribution in [0.25, 0.3) is 0 Å². The molecular formula is C11H13NO2. The lowest BCUT2D eigenvalue weighted by Gasteiger charge is -2.15. The first-order valence-corrected chi connectivity index (χ1v) is 4.70. The lowest BCUT2D eigenvalue weighted by atomic mass is 10.2. The van der Waals surface area contributed by atoms with Crippen molar-refractivity contribution < 1.29 is 9.53 Å². The third kappa shape index (κ3) is 1.45. The van der Waals surface area contributed by atoms with Gasteiger partial charge in [0.25, 0.3) is 0 Å². The Balaban J connectivity index is 2.46. The highest BCUT2D eigenvalue weighted by atomic mass is 16.5. The van der Waals surface area contributed by atoms with E-state index in [1.807, 2.05) is 31.2 Å². The molecule has 1 aliphatic rings. The van der Waals surface area contributed by atoms with Crippen LogP contribution >= 0.6 is 0 Å². The van der Waals surface area contributed by atoms with E-state index in [0.29, 0.717) is 6.42 Å². The average molecular weight is 191 g/mol. The van der Waals surface area contributed by atoms with Gasteiger partial charge in [-0.25, -0.2) is 0 Å². The monoisotopic (exact) mass is 191 g/mol. The van der Waals surface area contributed by atoms with Crippen molar-refractivity contribution in [3.63, 3.8) is 0 Å². The van der Waals surface area contributed by atoms with Crippen molar-refractivity contribution in [2.24, 2.45) is 0 Å². The van der Waals surface area contributed by atoms with E-state index in [2.05, 4.69) is 0 Å². The third-order valence-electron chi connectivity index (χ3n) is 2.39. The fourth-order valence-corrected chi connectivity index (χ4v) is 1.61. The van der Waals surface area contributed by atoms with Gasteiger partial charge in [0.1, 0.15) is 11.9 Å². The molecule has 1 amide bonds. The Morgan fingerprint density at radius 1 is 1.43 bits per heavy atom. The Kier molecular flexibility index (Phi) is 2.15. The third-order valence-corrected chi connectivity index (χ3v) is 2.39. The number of ether oxygens (including phenoxy) is 1.